The van der Waals surface area contributed by atoms with Gasteiger partial charge in [0.1, 0.15) is 0 Å². The van der Waals surface area contributed by atoms with Crippen molar-refractivity contribution in [3.63, 3.8) is 0 Å². The van der Waals surface area contributed by atoms with Gasteiger partial charge in [0.15, 0.2) is 0 Å². The second-order valence-corrected chi connectivity index (χ2v) is 13.2. The van der Waals surface area contributed by atoms with Crippen molar-refractivity contribution in [2.24, 2.45) is 11.8 Å². The molecule has 1 unspecified atom stereocenters. The minimum Gasteiger partial charge on any atom is -0.358 e. The molecule has 3 aromatic rings. The van der Waals surface area contributed by atoms with Crippen molar-refractivity contribution in [1.82, 2.24) is 0 Å². The van der Waals surface area contributed by atoms with Crippen LogP contribution in [-0.2, 0) is 41.5 Å². The zero-order valence-electron chi connectivity index (χ0n) is 28.7. The third kappa shape index (κ3) is 12.8. The van der Waals surface area contributed by atoms with E-state index >= 15 is 0 Å². The summed E-state index contributed by atoms with van der Waals surface area (Å²) in [5.74, 6) is 1.20. The Morgan fingerprint density at radius 2 is 1.40 bits per heavy atom. The molecule has 2 aliphatic rings. The molecule has 236 valence electrons. The number of hydrogen-bond donors (Lipinski definition) is 0. The van der Waals surface area contributed by atoms with E-state index in [0.29, 0.717) is 11.8 Å². The third-order valence-electron chi connectivity index (χ3n) is 7.28. The van der Waals surface area contributed by atoms with E-state index in [2.05, 4.69) is 135 Å². The molecule has 0 heterocycles. The van der Waals surface area contributed by atoms with Crippen LogP contribution >= 0.6 is 24.8 Å². The van der Waals surface area contributed by atoms with E-state index in [0.717, 1.165) is 6.42 Å². The number of hydrogen-bond acceptors (Lipinski definition) is 0. The molecule has 3 heteroatoms. The Morgan fingerprint density at radius 3 is 1.79 bits per heavy atom. The molecule has 0 aromatic heterocycles. The quantitative estimate of drug-likeness (QED) is 0.174. The van der Waals surface area contributed by atoms with Crippen molar-refractivity contribution >= 4 is 29.0 Å². The van der Waals surface area contributed by atoms with Gasteiger partial charge in [-0.05, 0) is 28.4 Å². The van der Waals surface area contributed by atoms with Crippen LogP contribution in [0.1, 0.15) is 97.1 Å². The summed E-state index contributed by atoms with van der Waals surface area (Å²) in [6.45, 7) is 24.5. The average Bonchev–Trinajstić information content (AvgIpc) is 3.43. The molecule has 0 saturated heterocycles. The Labute approximate surface area is 293 Å². The van der Waals surface area contributed by atoms with E-state index in [1.54, 1.807) is 0 Å². The van der Waals surface area contributed by atoms with Gasteiger partial charge in [0, 0.05) is 0 Å². The number of allylic oxidation sites excluding steroid dienone is 4. The minimum absolute atomic E-state index is 0. The number of benzene rings is 3. The summed E-state index contributed by atoms with van der Waals surface area (Å²) in [5.41, 5.74) is 12.8. The standard InChI is InChI=1S/C21H25.C10H15.C7H7.CH3.CH2.2ClH.Zr/c1-20(2,3)16-7-9-18-14(12-16)11-15-13-17(21(4,5)6)8-10-19(15)18;1-7(2)10-6-8(3)5-9(10)4;1-7-5-3-2-4-6-7;;;;;/h7-10,12H,11H2,1-6H3;6-8H,1-4H3;3-6H,1H3;1H3;1H2;2*1H;/q4*-1;;;;. The van der Waals surface area contributed by atoms with Gasteiger partial charge in [0.25, 0.3) is 0 Å². The molecule has 0 bridgehead atoms. The van der Waals surface area contributed by atoms with Crippen molar-refractivity contribution < 1.29 is 24.2 Å². The molecule has 0 saturated carbocycles. The maximum Gasteiger partial charge on any atom is -0.358 e. The van der Waals surface area contributed by atoms with Crippen LogP contribution < -0.4 is 0 Å². The van der Waals surface area contributed by atoms with Gasteiger partial charge in [-0.2, -0.15) is 71.3 Å². The van der Waals surface area contributed by atoms with Crippen LogP contribution in [-0.4, -0.2) is 4.21 Å². The van der Waals surface area contributed by atoms with Gasteiger partial charge in [-0.3, -0.25) is 6.08 Å². The van der Waals surface area contributed by atoms with Gasteiger partial charge >= 0.3 is 28.4 Å². The average molecular weight is 697 g/mol. The van der Waals surface area contributed by atoms with E-state index in [9.17, 15) is 0 Å². The molecule has 3 aromatic carbocycles. The molecule has 0 amide bonds. The largest absolute Gasteiger partial charge is 0.358 e. The van der Waals surface area contributed by atoms with Crippen LogP contribution in [0.2, 0.25) is 0 Å². The fourth-order valence-corrected chi connectivity index (χ4v) is 4.98. The van der Waals surface area contributed by atoms with Gasteiger partial charge in [0.05, 0.1) is 0 Å². The first-order chi connectivity index (χ1) is 18.7. The molecule has 1 atom stereocenters. The summed E-state index contributed by atoms with van der Waals surface area (Å²) >= 11 is 1.30. The van der Waals surface area contributed by atoms with Crippen LogP contribution in [0.25, 0.3) is 11.1 Å². The van der Waals surface area contributed by atoms with Gasteiger partial charge < -0.3 is 7.43 Å². The molecule has 0 spiro atoms. The molecule has 2 aliphatic carbocycles. The Hall–Kier alpha value is -1.53. The minimum atomic E-state index is 0. The molecule has 43 heavy (non-hydrogen) atoms. The van der Waals surface area contributed by atoms with Crippen LogP contribution in [0.4, 0.5) is 0 Å². The number of fused-ring (bicyclic) bond motifs is 3. The van der Waals surface area contributed by atoms with Crippen LogP contribution in [0.5, 0.6) is 0 Å². The number of rotatable bonds is 1. The summed E-state index contributed by atoms with van der Waals surface area (Å²) in [6, 6.07) is 26.0. The van der Waals surface area contributed by atoms with Crippen LogP contribution in [0.3, 0.4) is 0 Å². The van der Waals surface area contributed by atoms with E-state index in [1.165, 1.54) is 74.3 Å². The Bertz CT molecular complexity index is 1260. The zero-order chi connectivity index (χ0) is 30.3. The van der Waals surface area contributed by atoms with E-state index in [4.69, 9.17) is 0 Å². The normalized spacial score (nSPS) is 14.2. The predicted octanol–water partition coefficient (Wildman–Crippen LogP) is 11.7. The summed E-state index contributed by atoms with van der Waals surface area (Å²) in [7, 11) is 0. The van der Waals surface area contributed by atoms with E-state index in [-0.39, 0.29) is 43.1 Å². The van der Waals surface area contributed by atoms with Crippen molar-refractivity contribution in [3.05, 3.63) is 125 Å². The number of aryl methyl sites for hydroxylation is 1. The van der Waals surface area contributed by atoms with Gasteiger partial charge in [0.2, 0.25) is 0 Å². The smallest absolute Gasteiger partial charge is 0.358 e. The van der Waals surface area contributed by atoms with Crippen molar-refractivity contribution in [2.75, 3.05) is 0 Å². The van der Waals surface area contributed by atoms with Crippen molar-refractivity contribution in [1.29, 1.82) is 0 Å². The molecule has 5 rings (SSSR count). The maximum absolute atomic E-state index is 3.67. The first-order valence-corrected chi connectivity index (χ1v) is 16.2. The monoisotopic (exact) mass is 694 g/mol. The molecular weight excluding hydrogens is 643 g/mol. The van der Waals surface area contributed by atoms with Crippen molar-refractivity contribution in [3.8, 4) is 11.1 Å². The topological polar surface area (TPSA) is 0 Å². The Balaban J connectivity index is 0. The first-order valence-electron chi connectivity index (χ1n) is 14.5. The summed E-state index contributed by atoms with van der Waals surface area (Å²) < 4.78 is 3.34. The summed E-state index contributed by atoms with van der Waals surface area (Å²) in [5, 5.41) is 0. The number of halogens is 2. The fourth-order valence-electron chi connectivity index (χ4n) is 4.98. The summed E-state index contributed by atoms with van der Waals surface area (Å²) in [4.78, 5) is 0. The molecule has 0 radical (unpaired) electrons. The summed E-state index contributed by atoms with van der Waals surface area (Å²) in [6.07, 6.45) is 6.70. The van der Waals surface area contributed by atoms with Crippen LogP contribution in [0, 0.1) is 44.4 Å². The maximum atomic E-state index is 3.67. The first kappa shape index (κ1) is 43.6. The zero-order valence-corrected chi connectivity index (χ0v) is 32.7. The van der Waals surface area contributed by atoms with Crippen LogP contribution in [0.15, 0.2) is 71.8 Å². The van der Waals surface area contributed by atoms with Gasteiger partial charge in [-0.15, -0.1) is 35.9 Å². The second kappa shape index (κ2) is 19.1. The van der Waals surface area contributed by atoms with E-state index < -0.39 is 0 Å². The molecular formula is C40H54Cl2Zr-4. The molecule has 0 N–H and O–H groups in total. The SMILES string of the molecule is CC(C)(C)c1[c-]c2c(cc1)-c1ccc(C(C)(C)C)cc1C2.CC1=[C-]C(C)C=C1C(C)C.Cc1cc[c-]cc1.Cl.Cl.[CH2]=[Zr].[CH3-]. The van der Waals surface area contributed by atoms with Crippen molar-refractivity contribution in [2.45, 2.75) is 93.4 Å². The third-order valence-corrected chi connectivity index (χ3v) is 7.28. The van der Waals surface area contributed by atoms with E-state index in [1.807, 2.05) is 24.3 Å². The second-order valence-electron chi connectivity index (χ2n) is 13.2. The molecule has 0 nitrogen and oxygen atoms in total. The van der Waals surface area contributed by atoms with Gasteiger partial charge in [-0.1, -0.05) is 112 Å². The fraction of sp³-hybridized carbons (Fsp3) is 0.400. The van der Waals surface area contributed by atoms with Gasteiger partial charge in [-0.25, -0.2) is 5.57 Å². The Kier molecular flexibility index (Phi) is 19.4. The predicted molar refractivity (Wildman–Crippen MR) is 193 cm³/mol. The Morgan fingerprint density at radius 1 is 0.837 bits per heavy atom. The molecule has 0 fully saturated rings. The molecule has 0 aliphatic heterocycles.